The number of rotatable bonds is 10. The molecule has 4 rings (SSSR count). The van der Waals surface area contributed by atoms with Gasteiger partial charge >= 0.3 is 6.36 Å². The number of ether oxygens (including phenoxy) is 2. The van der Waals surface area contributed by atoms with Gasteiger partial charge in [-0.1, -0.05) is 49.1 Å². The van der Waals surface area contributed by atoms with E-state index in [9.17, 15) is 26.3 Å². The van der Waals surface area contributed by atoms with Crippen LogP contribution in [0.3, 0.4) is 0 Å². The van der Waals surface area contributed by atoms with Crippen molar-refractivity contribution in [3.8, 4) is 11.5 Å². The fourth-order valence-corrected chi connectivity index (χ4v) is 4.24. The summed E-state index contributed by atoms with van der Waals surface area (Å²) in [5.74, 6) is -4.99. The zero-order valence-corrected chi connectivity index (χ0v) is 20.6. The molecule has 9 heteroatoms. The summed E-state index contributed by atoms with van der Waals surface area (Å²) in [5.41, 5.74) is 1.75. The molecule has 0 radical (unpaired) electrons. The maximum atomic E-state index is 15.2. The van der Waals surface area contributed by atoms with Crippen LogP contribution in [0, 0.1) is 23.3 Å². The van der Waals surface area contributed by atoms with Gasteiger partial charge in [0.05, 0.1) is 0 Å². The molecule has 4 aromatic carbocycles. The van der Waals surface area contributed by atoms with Gasteiger partial charge in [-0.25, -0.2) is 17.6 Å². The summed E-state index contributed by atoms with van der Waals surface area (Å²) in [5, 5.41) is 0.977. The topological polar surface area (TPSA) is 18.5 Å². The number of aryl methyl sites for hydroxylation is 4. The molecule has 2 nitrogen and oxygen atoms in total. The Kier molecular flexibility index (Phi) is 8.47. The molecule has 4 aromatic rings. The van der Waals surface area contributed by atoms with Crippen LogP contribution in [0.15, 0.2) is 73.3 Å². The molecular formula is C30H23F7O2. The molecular weight excluding hydrogens is 525 g/mol. The second kappa shape index (κ2) is 11.8. The predicted molar refractivity (Wildman–Crippen MR) is 134 cm³/mol. The van der Waals surface area contributed by atoms with Gasteiger partial charge < -0.3 is 9.47 Å². The maximum Gasteiger partial charge on any atom is 0.573 e. The molecule has 0 aliphatic carbocycles. The van der Waals surface area contributed by atoms with Gasteiger partial charge in [-0.3, -0.25) is 0 Å². The summed E-state index contributed by atoms with van der Waals surface area (Å²) in [7, 11) is 0. The first-order valence-electron chi connectivity index (χ1n) is 12.0. The van der Waals surface area contributed by atoms with Gasteiger partial charge in [0.25, 0.3) is 0 Å². The van der Waals surface area contributed by atoms with Crippen molar-refractivity contribution in [2.24, 2.45) is 0 Å². The Bertz CT molecular complexity index is 1470. The fourth-order valence-electron chi connectivity index (χ4n) is 4.24. The normalized spacial score (nSPS) is 11.6. The molecule has 0 amide bonds. The standard InChI is InChI=1S/C30H23F7O2/c1-2-13-38-23-11-10-20(25(31)17-23)6-3-18-5-12-24-22(14-18)9-8-21(28(24)34)7-4-19-15-26(32)29(27(33)16-19)39-30(35,36)37/h2,5,8-12,14-17H,1,3-4,6-7,13H2. The highest BCUT2D eigenvalue weighted by Gasteiger charge is 2.34. The molecule has 0 aliphatic rings. The van der Waals surface area contributed by atoms with E-state index >= 15 is 4.39 Å². The van der Waals surface area contributed by atoms with E-state index in [-0.39, 0.29) is 36.4 Å². The molecule has 0 heterocycles. The molecule has 204 valence electrons. The Labute approximate surface area is 220 Å². The minimum absolute atomic E-state index is 0.0103. The fraction of sp³-hybridized carbons (Fsp3) is 0.200. The summed E-state index contributed by atoms with van der Waals surface area (Å²) in [6.07, 6.45) is -2.66. The molecule has 0 unspecified atom stereocenters. The number of halogens is 7. The van der Waals surface area contributed by atoms with E-state index in [1.54, 1.807) is 42.5 Å². The van der Waals surface area contributed by atoms with Crippen LogP contribution in [-0.4, -0.2) is 13.0 Å². The molecule has 39 heavy (non-hydrogen) atoms. The molecule has 0 saturated heterocycles. The van der Waals surface area contributed by atoms with Crippen molar-refractivity contribution >= 4 is 10.8 Å². The number of alkyl halides is 3. The lowest BCUT2D eigenvalue weighted by Gasteiger charge is -2.12. The highest BCUT2D eigenvalue weighted by Crippen LogP contribution is 2.30. The largest absolute Gasteiger partial charge is 0.573 e. The van der Waals surface area contributed by atoms with E-state index in [2.05, 4.69) is 11.3 Å². The molecule has 0 atom stereocenters. The molecule has 0 aliphatic heterocycles. The van der Waals surface area contributed by atoms with Gasteiger partial charge in [-0.2, -0.15) is 0 Å². The minimum Gasteiger partial charge on any atom is -0.489 e. The third-order valence-electron chi connectivity index (χ3n) is 6.13. The van der Waals surface area contributed by atoms with Gasteiger partial charge in [0.1, 0.15) is 24.0 Å². The SMILES string of the molecule is C=CCOc1ccc(CCc2ccc3c(F)c(CCc4cc(F)c(OC(F)(F)F)c(F)c4)ccc3c2)c(F)c1. The van der Waals surface area contributed by atoms with Gasteiger partial charge in [-0.15, -0.1) is 13.2 Å². The third-order valence-corrected chi connectivity index (χ3v) is 6.13. The molecule has 0 aromatic heterocycles. The van der Waals surface area contributed by atoms with Crippen LogP contribution in [0.2, 0.25) is 0 Å². The van der Waals surface area contributed by atoms with Crippen molar-refractivity contribution in [1.29, 1.82) is 0 Å². The lowest BCUT2D eigenvalue weighted by molar-refractivity contribution is -0.276. The first-order chi connectivity index (χ1) is 18.5. The smallest absolute Gasteiger partial charge is 0.489 e. The van der Waals surface area contributed by atoms with E-state index in [1.807, 2.05) is 6.07 Å². The Morgan fingerprint density at radius 2 is 1.36 bits per heavy atom. The van der Waals surface area contributed by atoms with Crippen molar-refractivity contribution in [1.82, 2.24) is 0 Å². The Balaban J connectivity index is 1.43. The van der Waals surface area contributed by atoms with Crippen LogP contribution >= 0.6 is 0 Å². The number of benzene rings is 4. The van der Waals surface area contributed by atoms with Crippen molar-refractivity contribution in [3.63, 3.8) is 0 Å². The van der Waals surface area contributed by atoms with E-state index in [4.69, 9.17) is 4.74 Å². The summed E-state index contributed by atoms with van der Waals surface area (Å²) in [4.78, 5) is 0. The van der Waals surface area contributed by atoms with E-state index in [1.165, 1.54) is 6.07 Å². The van der Waals surface area contributed by atoms with Gasteiger partial charge in [0, 0.05) is 11.5 Å². The molecule has 0 saturated carbocycles. The van der Waals surface area contributed by atoms with Gasteiger partial charge in [0.2, 0.25) is 5.75 Å². The predicted octanol–water partition coefficient (Wildman–Crippen LogP) is 8.43. The molecule has 0 spiro atoms. The molecule has 0 N–H and O–H groups in total. The van der Waals surface area contributed by atoms with E-state index < -0.39 is 29.6 Å². The van der Waals surface area contributed by atoms with Crippen molar-refractivity contribution in [2.45, 2.75) is 32.0 Å². The summed E-state index contributed by atoms with van der Waals surface area (Å²) in [6, 6.07) is 14.6. The second-order valence-corrected chi connectivity index (χ2v) is 8.88. The first-order valence-corrected chi connectivity index (χ1v) is 12.0. The van der Waals surface area contributed by atoms with Crippen LogP contribution in [0.1, 0.15) is 22.3 Å². The minimum atomic E-state index is -5.24. The Morgan fingerprint density at radius 3 is 2.03 bits per heavy atom. The lowest BCUT2D eigenvalue weighted by Crippen LogP contribution is -2.19. The van der Waals surface area contributed by atoms with Gasteiger partial charge in [0.15, 0.2) is 11.6 Å². The number of hydrogen-bond donors (Lipinski definition) is 0. The molecule has 0 fully saturated rings. The quantitative estimate of drug-likeness (QED) is 0.146. The zero-order valence-electron chi connectivity index (χ0n) is 20.6. The number of hydrogen-bond acceptors (Lipinski definition) is 2. The van der Waals surface area contributed by atoms with Crippen LogP contribution in [-0.2, 0) is 25.7 Å². The number of fused-ring (bicyclic) bond motifs is 1. The molecule has 0 bridgehead atoms. The van der Waals surface area contributed by atoms with Crippen molar-refractivity contribution < 1.29 is 40.2 Å². The average molecular weight is 548 g/mol. The van der Waals surface area contributed by atoms with Crippen LogP contribution in [0.5, 0.6) is 11.5 Å². The maximum absolute atomic E-state index is 15.2. The summed E-state index contributed by atoms with van der Waals surface area (Å²) in [6.45, 7) is 3.83. The van der Waals surface area contributed by atoms with Crippen LogP contribution in [0.4, 0.5) is 30.7 Å². The highest BCUT2D eigenvalue weighted by atomic mass is 19.4. The zero-order chi connectivity index (χ0) is 28.2. The summed E-state index contributed by atoms with van der Waals surface area (Å²) >= 11 is 0. The highest BCUT2D eigenvalue weighted by molar-refractivity contribution is 5.84. The van der Waals surface area contributed by atoms with E-state index in [0.29, 0.717) is 34.9 Å². The van der Waals surface area contributed by atoms with Crippen LogP contribution < -0.4 is 9.47 Å². The van der Waals surface area contributed by atoms with Gasteiger partial charge in [-0.05, 0) is 71.5 Å². The van der Waals surface area contributed by atoms with Crippen molar-refractivity contribution in [2.75, 3.05) is 6.61 Å². The Hall–Kier alpha value is -4.01. The van der Waals surface area contributed by atoms with E-state index in [0.717, 1.165) is 17.7 Å². The first kappa shape index (κ1) is 28.0. The van der Waals surface area contributed by atoms with Crippen LogP contribution in [0.25, 0.3) is 10.8 Å². The van der Waals surface area contributed by atoms with Crippen molar-refractivity contribution in [3.05, 3.63) is 119 Å². The second-order valence-electron chi connectivity index (χ2n) is 8.88. The third kappa shape index (κ3) is 7.10. The summed E-state index contributed by atoms with van der Waals surface area (Å²) < 4.78 is 103. The monoisotopic (exact) mass is 548 g/mol. The Morgan fingerprint density at radius 1 is 0.692 bits per heavy atom. The average Bonchev–Trinajstić information content (AvgIpc) is 2.88. The lowest BCUT2D eigenvalue weighted by atomic mass is 9.97.